The number of likely N-dealkylation sites (tertiary alicyclic amines) is 1. The summed E-state index contributed by atoms with van der Waals surface area (Å²) in [5, 5.41) is 0. The van der Waals surface area contributed by atoms with Gasteiger partial charge in [0.2, 0.25) is 0 Å². The van der Waals surface area contributed by atoms with Gasteiger partial charge in [0.25, 0.3) is 0 Å². The first-order valence-electron chi connectivity index (χ1n) is 5.65. The summed E-state index contributed by atoms with van der Waals surface area (Å²) in [5.74, 6) is 0. The first-order chi connectivity index (χ1) is 7.16. The van der Waals surface area contributed by atoms with Crippen LogP contribution in [0, 0.1) is 13.8 Å². The Kier molecular flexibility index (Phi) is 3.47. The largest absolute Gasteiger partial charge is 0.299 e. The lowest BCUT2D eigenvalue weighted by molar-refractivity contribution is 0.330. The Bertz CT molecular complexity index is 331. The summed E-state index contributed by atoms with van der Waals surface area (Å²) in [7, 11) is 0. The molecule has 1 nitrogen and oxygen atoms in total. The Hall–Kier alpha value is -0.340. The molecule has 1 aromatic rings. The molecule has 1 aliphatic heterocycles. The van der Waals surface area contributed by atoms with Gasteiger partial charge in [-0.1, -0.05) is 15.9 Å². The second-order valence-corrected chi connectivity index (χ2v) is 5.42. The van der Waals surface area contributed by atoms with Gasteiger partial charge < -0.3 is 0 Å². The van der Waals surface area contributed by atoms with Crippen molar-refractivity contribution in [3.05, 3.63) is 33.3 Å². The van der Waals surface area contributed by atoms with Crippen LogP contribution in [0.15, 0.2) is 16.6 Å². The molecular weight excluding hydrogens is 250 g/mol. The summed E-state index contributed by atoms with van der Waals surface area (Å²) in [6, 6.07) is 4.44. The highest BCUT2D eigenvalue weighted by Gasteiger charge is 2.14. The lowest BCUT2D eigenvalue weighted by Crippen LogP contribution is -2.19. The molecule has 0 aromatic heterocycles. The molecule has 1 heterocycles. The number of benzene rings is 1. The molecule has 2 heteroatoms. The first-order valence-corrected chi connectivity index (χ1v) is 6.44. The van der Waals surface area contributed by atoms with Crippen molar-refractivity contribution in [1.82, 2.24) is 4.90 Å². The molecule has 0 saturated carbocycles. The van der Waals surface area contributed by atoms with E-state index >= 15 is 0 Å². The molecule has 0 amide bonds. The minimum Gasteiger partial charge on any atom is -0.299 e. The summed E-state index contributed by atoms with van der Waals surface area (Å²) < 4.78 is 1.20. The number of aryl methyl sites for hydroxylation is 2. The Balaban J connectivity index is 2.19. The standard InChI is InChI=1S/C13H18BrN/c1-10-7-12(14)8-11(2)13(10)9-15-5-3-4-6-15/h7-8H,3-6,9H2,1-2H3. The number of hydrogen-bond donors (Lipinski definition) is 0. The van der Waals surface area contributed by atoms with Gasteiger partial charge in [-0.3, -0.25) is 4.90 Å². The molecule has 1 fully saturated rings. The fourth-order valence-corrected chi connectivity index (χ4v) is 3.04. The Morgan fingerprint density at radius 3 is 2.20 bits per heavy atom. The highest BCUT2D eigenvalue weighted by Crippen LogP contribution is 2.23. The van der Waals surface area contributed by atoms with Crippen molar-refractivity contribution in [3.63, 3.8) is 0 Å². The van der Waals surface area contributed by atoms with Crippen LogP contribution in [-0.4, -0.2) is 18.0 Å². The van der Waals surface area contributed by atoms with Crippen molar-refractivity contribution in [2.24, 2.45) is 0 Å². The third-order valence-electron chi connectivity index (χ3n) is 3.24. The van der Waals surface area contributed by atoms with Crippen LogP contribution in [0.2, 0.25) is 0 Å². The highest BCUT2D eigenvalue weighted by molar-refractivity contribution is 9.10. The van der Waals surface area contributed by atoms with E-state index in [0.717, 1.165) is 6.54 Å². The SMILES string of the molecule is Cc1cc(Br)cc(C)c1CN1CCCC1. The van der Waals surface area contributed by atoms with Crippen LogP contribution in [0.5, 0.6) is 0 Å². The number of nitrogens with zero attached hydrogens (tertiary/aromatic N) is 1. The lowest BCUT2D eigenvalue weighted by atomic mass is 10.0. The maximum absolute atomic E-state index is 3.55. The van der Waals surface area contributed by atoms with Crippen molar-refractivity contribution < 1.29 is 0 Å². The van der Waals surface area contributed by atoms with E-state index < -0.39 is 0 Å². The third kappa shape index (κ3) is 2.61. The fourth-order valence-electron chi connectivity index (χ4n) is 2.35. The van der Waals surface area contributed by atoms with E-state index in [1.165, 1.54) is 47.1 Å². The van der Waals surface area contributed by atoms with Crippen LogP contribution in [0.4, 0.5) is 0 Å². The smallest absolute Gasteiger partial charge is 0.0239 e. The van der Waals surface area contributed by atoms with Crippen molar-refractivity contribution in [2.45, 2.75) is 33.2 Å². The summed E-state index contributed by atoms with van der Waals surface area (Å²) >= 11 is 3.55. The zero-order valence-corrected chi connectivity index (χ0v) is 11.1. The molecule has 0 spiro atoms. The predicted molar refractivity (Wildman–Crippen MR) is 68.1 cm³/mol. The van der Waals surface area contributed by atoms with Crippen molar-refractivity contribution >= 4 is 15.9 Å². The summed E-state index contributed by atoms with van der Waals surface area (Å²) in [4.78, 5) is 2.56. The molecule has 0 radical (unpaired) electrons. The molecule has 0 aliphatic carbocycles. The quantitative estimate of drug-likeness (QED) is 0.791. The van der Waals surface area contributed by atoms with Gasteiger partial charge in [-0.2, -0.15) is 0 Å². The number of hydrogen-bond acceptors (Lipinski definition) is 1. The van der Waals surface area contributed by atoms with Crippen LogP contribution in [0.1, 0.15) is 29.5 Å². The number of rotatable bonds is 2. The topological polar surface area (TPSA) is 3.24 Å². The van der Waals surface area contributed by atoms with Crippen molar-refractivity contribution in [3.8, 4) is 0 Å². The lowest BCUT2D eigenvalue weighted by Gasteiger charge is -2.18. The summed E-state index contributed by atoms with van der Waals surface area (Å²) in [6.45, 7) is 8.10. The van der Waals surface area contributed by atoms with Crippen LogP contribution < -0.4 is 0 Å². The van der Waals surface area contributed by atoms with Gasteiger partial charge in [0.1, 0.15) is 0 Å². The molecule has 82 valence electrons. The van der Waals surface area contributed by atoms with Gasteiger partial charge in [-0.15, -0.1) is 0 Å². The average molecular weight is 268 g/mol. The molecule has 1 aliphatic rings. The second-order valence-electron chi connectivity index (χ2n) is 4.50. The van der Waals surface area contributed by atoms with Crippen molar-refractivity contribution in [1.29, 1.82) is 0 Å². The van der Waals surface area contributed by atoms with Crippen LogP contribution in [0.25, 0.3) is 0 Å². The van der Waals surface area contributed by atoms with E-state index in [1.54, 1.807) is 0 Å². The normalized spacial score (nSPS) is 17.3. The Labute approximate surface area is 101 Å². The summed E-state index contributed by atoms with van der Waals surface area (Å²) in [5.41, 5.74) is 4.34. The zero-order chi connectivity index (χ0) is 10.8. The molecule has 1 saturated heterocycles. The molecule has 15 heavy (non-hydrogen) atoms. The molecule has 0 atom stereocenters. The van der Waals surface area contributed by atoms with E-state index in [-0.39, 0.29) is 0 Å². The van der Waals surface area contributed by atoms with Gasteiger partial charge in [-0.25, -0.2) is 0 Å². The fraction of sp³-hybridized carbons (Fsp3) is 0.538. The van der Waals surface area contributed by atoms with Crippen LogP contribution >= 0.6 is 15.9 Å². The monoisotopic (exact) mass is 267 g/mol. The average Bonchev–Trinajstić information content (AvgIpc) is 2.63. The Morgan fingerprint density at radius 2 is 1.67 bits per heavy atom. The molecule has 0 bridgehead atoms. The summed E-state index contributed by atoms with van der Waals surface area (Å²) in [6.07, 6.45) is 2.74. The van der Waals surface area contributed by atoms with Gasteiger partial charge in [0.15, 0.2) is 0 Å². The minimum absolute atomic E-state index is 1.13. The van der Waals surface area contributed by atoms with E-state index in [1.807, 2.05) is 0 Å². The van der Waals surface area contributed by atoms with E-state index in [0.29, 0.717) is 0 Å². The second kappa shape index (κ2) is 4.67. The van der Waals surface area contributed by atoms with Crippen molar-refractivity contribution in [2.75, 3.05) is 13.1 Å². The van der Waals surface area contributed by atoms with E-state index in [9.17, 15) is 0 Å². The first kappa shape index (κ1) is 11.2. The predicted octanol–water partition coefficient (Wildman–Crippen LogP) is 3.66. The molecule has 1 aromatic carbocycles. The van der Waals surface area contributed by atoms with E-state index in [2.05, 4.69) is 46.8 Å². The Morgan fingerprint density at radius 1 is 1.13 bits per heavy atom. The van der Waals surface area contributed by atoms with Gasteiger partial charge in [0.05, 0.1) is 0 Å². The van der Waals surface area contributed by atoms with Gasteiger partial charge in [-0.05, 0) is 68.6 Å². The maximum Gasteiger partial charge on any atom is 0.0239 e. The van der Waals surface area contributed by atoms with Gasteiger partial charge >= 0.3 is 0 Å². The van der Waals surface area contributed by atoms with Gasteiger partial charge in [0, 0.05) is 11.0 Å². The molecule has 0 N–H and O–H groups in total. The highest BCUT2D eigenvalue weighted by atomic mass is 79.9. The van der Waals surface area contributed by atoms with Crippen LogP contribution in [0.3, 0.4) is 0 Å². The third-order valence-corrected chi connectivity index (χ3v) is 3.70. The van der Waals surface area contributed by atoms with E-state index in [4.69, 9.17) is 0 Å². The number of halogens is 1. The minimum atomic E-state index is 1.13. The molecule has 2 rings (SSSR count). The van der Waals surface area contributed by atoms with Crippen LogP contribution in [-0.2, 0) is 6.54 Å². The molecule has 0 unspecified atom stereocenters. The maximum atomic E-state index is 3.55. The molecular formula is C13H18BrN. The zero-order valence-electron chi connectivity index (χ0n) is 9.52.